The van der Waals surface area contributed by atoms with Gasteiger partial charge in [-0.3, -0.25) is 4.79 Å². The molecular formula is C11H22N2O3. The van der Waals surface area contributed by atoms with Gasteiger partial charge in [0.25, 0.3) is 0 Å². The van der Waals surface area contributed by atoms with E-state index in [2.05, 4.69) is 10.6 Å². The number of amides is 2. The molecule has 2 amide bonds. The minimum Gasteiger partial charge on any atom is -0.444 e. The van der Waals surface area contributed by atoms with Gasteiger partial charge in [-0.25, -0.2) is 4.79 Å². The first-order valence-electron chi connectivity index (χ1n) is 5.57. The Hall–Kier alpha value is -1.26. The number of hydrogen-bond donors (Lipinski definition) is 2. The lowest BCUT2D eigenvalue weighted by Crippen LogP contribution is -2.47. The van der Waals surface area contributed by atoms with Crippen molar-refractivity contribution in [3.8, 4) is 0 Å². The molecule has 0 bridgehead atoms. The van der Waals surface area contributed by atoms with E-state index in [1.54, 1.807) is 20.8 Å². The molecule has 0 aromatic carbocycles. The average molecular weight is 230 g/mol. The molecule has 0 unspecified atom stereocenters. The molecule has 0 aliphatic heterocycles. The standard InChI is InChI=1S/C11H22N2O3/c1-6-8(9(14)12-7-2)13-10(15)16-11(3,4)5/h8H,6-7H2,1-5H3,(H,12,14)(H,13,15)/t8-/m0/s1. The van der Waals surface area contributed by atoms with E-state index in [4.69, 9.17) is 4.74 Å². The molecule has 16 heavy (non-hydrogen) atoms. The predicted octanol–water partition coefficient (Wildman–Crippen LogP) is 1.43. The summed E-state index contributed by atoms with van der Waals surface area (Å²) in [6, 6.07) is -0.533. The van der Waals surface area contributed by atoms with E-state index in [0.29, 0.717) is 13.0 Å². The molecule has 0 heterocycles. The number of hydrogen-bond acceptors (Lipinski definition) is 3. The molecule has 2 N–H and O–H groups in total. The molecule has 5 nitrogen and oxygen atoms in total. The van der Waals surface area contributed by atoms with Gasteiger partial charge in [0.05, 0.1) is 0 Å². The summed E-state index contributed by atoms with van der Waals surface area (Å²) >= 11 is 0. The molecule has 0 radical (unpaired) electrons. The summed E-state index contributed by atoms with van der Waals surface area (Å²) < 4.78 is 5.07. The molecule has 5 heteroatoms. The minimum atomic E-state index is -0.564. The highest BCUT2D eigenvalue weighted by Crippen LogP contribution is 2.07. The van der Waals surface area contributed by atoms with Crippen LogP contribution in [0, 0.1) is 0 Å². The number of alkyl carbamates (subject to hydrolysis) is 1. The van der Waals surface area contributed by atoms with Gasteiger partial charge in [0, 0.05) is 6.54 Å². The molecule has 1 atom stereocenters. The number of nitrogens with one attached hydrogen (secondary N) is 2. The first-order chi connectivity index (χ1) is 7.30. The summed E-state index contributed by atoms with van der Waals surface area (Å²) in [6.45, 7) is 9.54. The Kier molecular flexibility index (Phi) is 5.85. The summed E-state index contributed by atoms with van der Waals surface area (Å²) in [5, 5.41) is 5.19. The Labute approximate surface area is 96.9 Å². The minimum absolute atomic E-state index is 0.184. The van der Waals surface area contributed by atoms with Crippen molar-refractivity contribution in [3.63, 3.8) is 0 Å². The highest BCUT2D eigenvalue weighted by Gasteiger charge is 2.22. The molecule has 0 saturated carbocycles. The van der Waals surface area contributed by atoms with Gasteiger partial charge in [-0.05, 0) is 34.1 Å². The maximum absolute atomic E-state index is 11.5. The van der Waals surface area contributed by atoms with E-state index in [0.717, 1.165) is 0 Å². The number of rotatable bonds is 4. The number of ether oxygens (including phenoxy) is 1. The van der Waals surface area contributed by atoms with E-state index < -0.39 is 17.7 Å². The van der Waals surface area contributed by atoms with Gasteiger partial charge >= 0.3 is 6.09 Å². The van der Waals surface area contributed by atoms with Crippen molar-refractivity contribution in [2.45, 2.75) is 52.7 Å². The molecule has 0 rings (SSSR count). The van der Waals surface area contributed by atoms with Crippen molar-refractivity contribution >= 4 is 12.0 Å². The van der Waals surface area contributed by atoms with Gasteiger partial charge in [0.15, 0.2) is 0 Å². The Morgan fingerprint density at radius 3 is 2.19 bits per heavy atom. The Bertz CT molecular complexity index is 246. The fraction of sp³-hybridized carbons (Fsp3) is 0.818. The van der Waals surface area contributed by atoms with Crippen LogP contribution >= 0.6 is 0 Å². The summed E-state index contributed by atoms with van der Waals surface area (Å²) in [7, 11) is 0. The van der Waals surface area contributed by atoms with Gasteiger partial charge in [0.1, 0.15) is 11.6 Å². The molecule has 0 fully saturated rings. The van der Waals surface area contributed by atoms with E-state index in [1.165, 1.54) is 0 Å². The van der Waals surface area contributed by atoms with Crippen molar-refractivity contribution in [3.05, 3.63) is 0 Å². The maximum Gasteiger partial charge on any atom is 0.408 e. The zero-order valence-electron chi connectivity index (χ0n) is 10.7. The van der Waals surface area contributed by atoms with Crippen LogP contribution in [0.3, 0.4) is 0 Å². The molecule has 0 aromatic heterocycles. The lowest BCUT2D eigenvalue weighted by Gasteiger charge is -2.22. The quantitative estimate of drug-likeness (QED) is 0.767. The molecule has 0 aromatic rings. The summed E-state index contributed by atoms with van der Waals surface area (Å²) in [5.41, 5.74) is -0.552. The second kappa shape index (κ2) is 6.35. The fourth-order valence-corrected chi connectivity index (χ4v) is 1.10. The monoisotopic (exact) mass is 230 g/mol. The second-order valence-electron chi connectivity index (χ2n) is 4.50. The molecule has 0 aliphatic rings. The normalized spacial score (nSPS) is 12.8. The predicted molar refractivity (Wildman–Crippen MR) is 62.1 cm³/mol. The molecular weight excluding hydrogens is 208 g/mol. The summed E-state index contributed by atoms with van der Waals surface area (Å²) in [4.78, 5) is 22.9. The third-order valence-corrected chi connectivity index (χ3v) is 1.77. The Morgan fingerprint density at radius 2 is 1.81 bits per heavy atom. The topological polar surface area (TPSA) is 67.4 Å². The van der Waals surface area contributed by atoms with Crippen LogP contribution in [-0.2, 0) is 9.53 Å². The molecule has 94 valence electrons. The van der Waals surface area contributed by atoms with Crippen molar-refractivity contribution in [1.29, 1.82) is 0 Å². The number of carbonyl (C=O) groups excluding carboxylic acids is 2. The van der Waals surface area contributed by atoms with E-state index in [1.807, 2.05) is 13.8 Å². The summed E-state index contributed by atoms with van der Waals surface area (Å²) in [5.74, 6) is -0.184. The third kappa shape index (κ3) is 6.27. The van der Waals surface area contributed by atoms with Crippen LogP contribution in [0.25, 0.3) is 0 Å². The van der Waals surface area contributed by atoms with Crippen molar-refractivity contribution in [2.75, 3.05) is 6.54 Å². The first-order valence-corrected chi connectivity index (χ1v) is 5.57. The molecule has 0 spiro atoms. The van der Waals surface area contributed by atoms with Gasteiger partial charge in [-0.15, -0.1) is 0 Å². The van der Waals surface area contributed by atoms with Crippen molar-refractivity contribution in [2.24, 2.45) is 0 Å². The van der Waals surface area contributed by atoms with Crippen LogP contribution in [-0.4, -0.2) is 30.2 Å². The van der Waals surface area contributed by atoms with Crippen LogP contribution in [0.1, 0.15) is 41.0 Å². The smallest absolute Gasteiger partial charge is 0.408 e. The van der Waals surface area contributed by atoms with E-state index >= 15 is 0 Å². The fourth-order valence-electron chi connectivity index (χ4n) is 1.10. The maximum atomic E-state index is 11.5. The molecule has 0 aliphatic carbocycles. The van der Waals surface area contributed by atoms with Crippen LogP contribution in [0.5, 0.6) is 0 Å². The van der Waals surface area contributed by atoms with Gasteiger partial charge < -0.3 is 15.4 Å². The summed E-state index contributed by atoms with van der Waals surface area (Å²) in [6.07, 6.45) is -0.0314. The highest BCUT2D eigenvalue weighted by molar-refractivity contribution is 5.85. The van der Waals surface area contributed by atoms with Gasteiger partial charge in [0.2, 0.25) is 5.91 Å². The van der Waals surface area contributed by atoms with Crippen molar-refractivity contribution in [1.82, 2.24) is 10.6 Å². The second-order valence-corrected chi connectivity index (χ2v) is 4.50. The van der Waals surface area contributed by atoms with E-state index in [-0.39, 0.29) is 5.91 Å². The van der Waals surface area contributed by atoms with Crippen molar-refractivity contribution < 1.29 is 14.3 Å². The first kappa shape index (κ1) is 14.7. The number of likely N-dealkylation sites (N-methyl/N-ethyl adjacent to an activating group) is 1. The lowest BCUT2D eigenvalue weighted by molar-refractivity contribution is -0.123. The largest absolute Gasteiger partial charge is 0.444 e. The zero-order chi connectivity index (χ0) is 12.8. The van der Waals surface area contributed by atoms with Crippen LogP contribution < -0.4 is 10.6 Å². The van der Waals surface area contributed by atoms with Crippen LogP contribution in [0.2, 0.25) is 0 Å². The third-order valence-electron chi connectivity index (χ3n) is 1.77. The van der Waals surface area contributed by atoms with Crippen LogP contribution in [0.4, 0.5) is 4.79 Å². The zero-order valence-corrected chi connectivity index (χ0v) is 10.7. The lowest BCUT2D eigenvalue weighted by atomic mass is 10.2. The van der Waals surface area contributed by atoms with Gasteiger partial charge in [-0.2, -0.15) is 0 Å². The highest BCUT2D eigenvalue weighted by atomic mass is 16.6. The average Bonchev–Trinajstić information content (AvgIpc) is 2.11. The Morgan fingerprint density at radius 1 is 1.25 bits per heavy atom. The SMILES string of the molecule is CCNC(=O)[C@H](CC)NC(=O)OC(C)(C)C. The Balaban J connectivity index is 4.22. The van der Waals surface area contributed by atoms with E-state index in [9.17, 15) is 9.59 Å². The molecule has 0 saturated heterocycles. The van der Waals surface area contributed by atoms with Gasteiger partial charge in [-0.1, -0.05) is 6.92 Å². The van der Waals surface area contributed by atoms with Crippen LogP contribution in [0.15, 0.2) is 0 Å². The number of carbonyl (C=O) groups is 2.